The van der Waals surface area contributed by atoms with E-state index >= 15 is 0 Å². The minimum atomic E-state index is -1.18. The number of amides is 1. The maximum Gasteiger partial charge on any atom is 0.278 e. The Hall–Kier alpha value is -4.55. The van der Waals surface area contributed by atoms with Gasteiger partial charge in [0.25, 0.3) is 5.56 Å². The van der Waals surface area contributed by atoms with Crippen LogP contribution in [0.4, 0.5) is 11.6 Å². The molecule has 3 aromatic heterocycles. The van der Waals surface area contributed by atoms with Gasteiger partial charge in [-0.3, -0.25) is 14.8 Å². The molecule has 0 aliphatic carbocycles. The van der Waals surface area contributed by atoms with Gasteiger partial charge in [-0.2, -0.15) is 4.98 Å². The first-order valence-corrected chi connectivity index (χ1v) is 11.4. The van der Waals surface area contributed by atoms with E-state index in [9.17, 15) is 14.7 Å². The lowest BCUT2D eigenvalue weighted by molar-refractivity contribution is -0.129. The number of aromatic nitrogens is 5. The Morgan fingerprint density at radius 1 is 1.19 bits per heavy atom. The van der Waals surface area contributed by atoms with Gasteiger partial charge in [0.2, 0.25) is 11.9 Å². The molecule has 0 spiro atoms. The molecule has 12 heteroatoms. The smallest absolute Gasteiger partial charge is 0.278 e. The van der Waals surface area contributed by atoms with Crippen molar-refractivity contribution >= 4 is 28.6 Å². The standard InChI is InChI=1S/C25H27N7O5/c1-4-13-31-23(34)18-15-26-24(27-16-8-10-17(11-9-16)37-14-12-21(33)30-36)29-22(18)32(31)20-7-5-6-19(28-20)25(2,3)35/h4-11,15,35-36H,1,12-14H2,2-3H3,(H,30,33)(H,26,27,29). The molecule has 0 saturated heterocycles. The van der Waals surface area contributed by atoms with Crippen LogP contribution in [0.25, 0.3) is 16.9 Å². The number of nitrogens with zero attached hydrogens (tertiary/aromatic N) is 5. The van der Waals surface area contributed by atoms with Crippen LogP contribution in [0.3, 0.4) is 0 Å². The fourth-order valence-electron chi connectivity index (χ4n) is 3.57. The molecule has 0 saturated carbocycles. The highest BCUT2D eigenvalue weighted by Gasteiger charge is 2.21. The van der Waals surface area contributed by atoms with Crippen LogP contribution in [0, 0.1) is 0 Å². The van der Waals surface area contributed by atoms with E-state index in [1.54, 1.807) is 72.5 Å². The van der Waals surface area contributed by atoms with Crippen LogP contribution >= 0.6 is 0 Å². The molecule has 0 aliphatic rings. The lowest BCUT2D eigenvalue weighted by atomic mass is 10.1. The van der Waals surface area contributed by atoms with Gasteiger partial charge in [0.1, 0.15) is 16.7 Å². The zero-order chi connectivity index (χ0) is 26.6. The maximum absolute atomic E-state index is 13.1. The van der Waals surface area contributed by atoms with E-state index in [4.69, 9.17) is 9.94 Å². The van der Waals surface area contributed by atoms with Crippen molar-refractivity contribution in [2.45, 2.75) is 32.4 Å². The zero-order valence-electron chi connectivity index (χ0n) is 20.4. The van der Waals surface area contributed by atoms with Crippen molar-refractivity contribution in [3.05, 3.63) is 77.4 Å². The molecule has 0 radical (unpaired) electrons. The van der Waals surface area contributed by atoms with Crippen LogP contribution < -0.4 is 21.1 Å². The minimum Gasteiger partial charge on any atom is -0.493 e. The molecule has 0 bridgehead atoms. The van der Waals surface area contributed by atoms with Gasteiger partial charge in [-0.05, 0) is 50.2 Å². The molecule has 0 atom stereocenters. The van der Waals surface area contributed by atoms with Gasteiger partial charge < -0.3 is 15.2 Å². The molecule has 1 aromatic carbocycles. The van der Waals surface area contributed by atoms with Crippen molar-refractivity contribution in [2.24, 2.45) is 0 Å². The van der Waals surface area contributed by atoms with Gasteiger partial charge in [-0.1, -0.05) is 12.1 Å². The number of aliphatic hydroxyl groups is 1. The normalized spacial score (nSPS) is 11.4. The summed E-state index contributed by atoms with van der Waals surface area (Å²) in [6, 6.07) is 12.1. The predicted octanol–water partition coefficient (Wildman–Crippen LogP) is 2.41. The van der Waals surface area contributed by atoms with E-state index in [2.05, 4.69) is 26.8 Å². The molecule has 4 N–H and O–H groups in total. The summed E-state index contributed by atoms with van der Waals surface area (Å²) in [6.07, 6.45) is 3.07. The number of pyridine rings is 1. The largest absolute Gasteiger partial charge is 0.493 e. The van der Waals surface area contributed by atoms with Crippen molar-refractivity contribution in [1.29, 1.82) is 0 Å². The SMILES string of the molecule is C=CCn1c(=O)c2cnc(Nc3ccc(OCCC(=O)NO)cc3)nc2n1-c1cccc(C(C)(C)O)n1. The predicted molar refractivity (Wildman–Crippen MR) is 136 cm³/mol. The Balaban J connectivity index is 1.66. The Labute approximate surface area is 211 Å². The molecule has 12 nitrogen and oxygen atoms in total. The average Bonchev–Trinajstić information content (AvgIpc) is 3.15. The molecular formula is C25H27N7O5. The Morgan fingerprint density at radius 3 is 2.62 bits per heavy atom. The highest BCUT2D eigenvalue weighted by atomic mass is 16.5. The second-order valence-corrected chi connectivity index (χ2v) is 8.64. The second-order valence-electron chi connectivity index (χ2n) is 8.64. The number of rotatable bonds is 10. The van der Waals surface area contributed by atoms with Gasteiger partial charge >= 0.3 is 0 Å². The molecule has 4 aromatic rings. The third-order valence-corrected chi connectivity index (χ3v) is 5.39. The second kappa shape index (κ2) is 10.6. The van der Waals surface area contributed by atoms with Gasteiger partial charge in [0.05, 0.1) is 25.3 Å². The third kappa shape index (κ3) is 5.66. The van der Waals surface area contributed by atoms with E-state index in [1.165, 1.54) is 10.9 Å². The first kappa shape index (κ1) is 25.5. The van der Waals surface area contributed by atoms with Crippen LogP contribution in [0.2, 0.25) is 0 Å². The summed E-state index contributed by atoms with van der Waals surface area (Å²) in [5.74, 6) is 0.674. The summed E-state index contributed by atoms with van der Waals surface area (Å²) in [5.41, 5.74) is 1.53. The number of fused-ring (bicyclic) bond motifs is 1. The Bertz CT molecular complexity index is 1490. The highest BCUT2D eigenvalue weighted by molar-refractivity contribution is 5.77. The molecule has 0 aliphatic heterocycles. The Kier molecular flexibility index (Phi) is 7.32. The lowest BCUT2D eigenvalue weighted by Gasteiger charge is -2.18. The number of anilines is 2. The number of hydrogen-bond donors (Lipinski definition) is 4. The van der Waals surface area contributed by atoms with E-state index in [-0.39, 0.29) is 31.1 Å². The number of ether oxygens (including phenoxy) is 1. The van der Waals surface area contributed by atoms with Gasteiger partial charge in [0.15, 0.2) is 11.5 Å². The van der Waals surface area contributed by atoms with Crippen molar-refractivity contribution in [3.63, 3.8) is 0 Å². The molecule has 37 heavy (non-hydrogen) atoms. The number of allylic oxidation sites excluding steroid dienone is 1. The first-order chi connectivity index (χ1) is 17.7. The summed E-state index contributed by atoms with van der Waals surface area (Å²) in [6.45, 7) is 7.35. The molecule has 0 unspecified atom stereocenters. The summed E-state index contributed by atoms with van der Waals surface area (Å²) in [5, 5.41) is 22.4. The number of carbonyl (C=O) groups is 1. The van der Waals surface area contributed by atoms with Crippen LogP contribution in [0.1, 0.15) is 26.0 Å². The van der Waals surface area contributed by atoms with Crippen LogP contribution in [0.15, 0.2) is 66.1 Å². The average molecular weight is 506 g/mol. The molecule has 0 fully saturated rings. The van der Waals surface area contributed by atoms with E-state index in [0.717, 1.165) is 0 Å². The number of nitrogens with one attached hydrogen (secondary N) is 2. The lowest BCUT2D eigenvalue weighted by Crippen LogP contribution is -2.23. The summed E-state index contributed by atoms with van der Waals surface area (Å²) in [4.78, 5) is 37.6. The van der Waals surface area contributed by atoms with Gasteiger partial charge in [-0.15, -0.1) is 6.58 Å². The summed E-state index contributed by atoms with van der Waals surface area (Å²) >= 11 is 0. The number of hydroxylamine groups is 1. The monoisotopic (exact) mass is 505 g/mol. The maximum atomic E-state index is 13.1. The summed E-state index contributed by atoms with van der Waals surface area (Å²) in [7, 11) is 0. The number of hydrogen-bond acceptors (Lipinski definition) is 9. The van der Waals surface area contributed by atoms with Crippen LogP contribution in [-0.2, 0) is 16.9 Å². The fraction of sp³-hybridized carbons (Fsp3) is 0.240. The quantitative estimate of drug-likeness (QED) is 0.144. The zero-order valence-corrected chi connectivity index (χ0v) is 20.4. The number of carbonyl (C=O) groups excluding carboxylic acids is 1. The fourth-order valence-corrected chi connectivity index (χ4v) is 3.57. The molecular weight excluding hydrogens is 478 g/mol. The van der Waals surface area contributed by atoms with Gasteiger partial charge in [0, 0.05) is 11.9 Å². The van der Waals surface area contributed by atoms with Crippen molar-refractivity contribution in [1.82, 2.24) is 29.8 Å². The minimum absolute atomic E-state index is 0.0190. The van der Waals surface area contributed by atoms with E-state index in [1.807, 2.05) is 0 Å². The van der Waals surface area contributed by atoms with Crippen LogP contribution in [-0.4, -0.2) is 47.1 Å². The summed E-state index contributed by atoms with van der Waals surface area (Å²) < 4.78 is 8.51. The topological polar surface area (TPSA) is 156 Å². The highest BCUT2D eigenvalue weighted by Crippen LogP contribution is 2.22. The Morgan fingerprint density at radius 2 is 1.95 bits per heavy atom. The number of benzene rings is 1. The first-order valence-electron chi connectivity index (χ1n) is 11.4. The van der Waals surface area contributed by atoms with Gasteiger partial charge in [-0.25, -0.2) is 24.8 Å². The molecule has 4 rings (SSSR count). The van der Waals surface area contributed by atoms with E-state index < -0.39 is 11.5 Å². The van der Waals surface area contributed by atoms with Crippen LogP contribution in [0.5, 0.6) is 5.75 Å². The molecule has 3 heterocycles. The third-order valence-electron chi connectivity index (χ3n) is 5.39. The van der Waals surface area contributed by atoms with E-state index in [0.29, 0.717) is 34.0 Å². The molecule has 1 amide bonds. The van der Waals surface area contributed by atoms with Crippen molar-refractivity contribution in [3.8, 4) is 11.6 Å². The molecule has 192 valence electrons. The van der Waals surface area contributed by atoms with Crippen molar-refractivity contribution < 1.29 is 19.8 Å². The van der Waals surface area contributed by atoms with Crippen molar-refractivity contribution in [2.75, 3.05) is 11.9 Å².